The number of methoxy groups -OCH3 is 1. The van der Waals surface area contributed by atoms with Crippen molar-refractivity contribution in [3.8, 4) is 5.75 Å². The molecule has 1 fully saturated rings. The van der Waals surface area contributed by atoms with E-state index in [2.05, 4.69) is 4.72 Å². The molecule has 1 heterocycles. The first-order valence-electron chi connectivity index (χ1n) is 8.20. The fourth-order valence-electron chi connectivity index (χ4n) is 2.85. The molecule has 146 valence electrons. The highest BCUT2D eigenvalue weighted by atomic mass is 32.2. The van der Waals surface area contributed by atoms with Crippen LogP contribution in [-0.2, 0) is 19.6 Å². The topological polar surface area (TPSA) is 136 Å². The maximum Gasteiger partial charge on any atom is 0.261 e. The van der Waals surface area contributed by atoms with Crippen LogP contribution in [0.4, 0.5) is 11.4 Å². The van der Waals surface area contributed by atoms with E-state index in [-0.39, 0.29) is 40.4 Å². The fourth-order valence-corrected chi connectivity index (χ4v) is 3.95. The molecule has 3 N–H and O–H groups in total. The van der Waals surface area contributed by atoms with Gasteiger partial charge in [0, 0.05) is 12.8 Å². The van der Waals surface area contributed by atoms with Crippen LogP contribution >= 0.6 is 0 Å². The van der Waals surface area contributed by atoms with E-state index in [0.717, 1.165) is 4.90 Å². The van der Waals surface area contributed by atoms with Crippen molar-refractivity contribution in [1.82, 2.24) is 0 Å². The van der Waals surface area contributed by atoms with E-state index in [1.165, 1.54) is 37.4 Å². The predicted octanol–water partition coefficient (Wildman–Crippen LogP) is 1.25. The quantitative estimate of drug-likeness (QED) is 0.697. The van der Waals surface area contributed by atoms with E-state index < -0.39 is 27.7 Å². The molecule has 0 aliphatic carbocycles. The molecule has 2 aromatic rings. The second-order valence-electron chi connectivity index (χ2n) is 5.97. The summed E-state index contributed by atoms with van der Waals surface area (Å²) in [6.07, 6.45) is 0.0897. The van der Waals surface area contributed by atoms with E-state index in [1.807, 2.05) is 0 Å². The van der Waals surface area contributed by atoms with Gasteiger partial charge in [-0.05, 0) is 30.3 Å². The molecule has 3 rings (SSSR count). The van der Waals surface area contributed by atoms with Crippen molar-refractivity contribution < 1.29 is 27.5 Å². The maximum absolute atomic E-state index is 12.8. The summed E-state index contributed by atoms with van der Waals surface area (Å²) in [7, 11) is -2.80. The Morgan fingerprint density at radius 1 is 1.11 bits per heavy atom. The number of anilines is 2. The number of primary amides is 1. The second-order valence-corrected chi connectivity index (χ2v) is 7.65. The molecule has 0 spiro atoms. The molecular formula is C18H17N3O6S. The number of ether oxygens (including phenoxy) is 1. The van der Waals surface area contributed by atoms with Crippen LogP contribution in [-0.4, -0.2) is 33.2 Å². The van der Waals surface area contributed by atoms with Gasteiger partial charge in [0.15, 0.2) is 0 Å². The van der Waals surface area contributed by atoms with Gasteiger partial charge in [0.05, 0.1) is 28.9 Å². The van der Waals surface area contributed by atoms with E-state index in [4.69, 9.17) is 10.5 Å². The average molecular weight is 403 g/mol. The van der Waals surface area contributed by atoms with Crippen LogP contribution in [0.15, 0.2) is 47.4 Å². The Labute approximate surface area is 161 Å². The Balaban J connectivity index is 2.04. The number of hydrogen-bond acceptors (Lipinski definition) is 6. The predicted molar refractivity (Wildman–Crippen MR) is 100 cm³/mol. The van der Waals surface area contributed by atoms with Gasteiger partial charge < -0.3 is 10.5 Å². The van der Waals surface area contributed by atoms with E-state index in [0.29, 0.717) is 0 Å². The first kappa shape index (κ1) is 19.4. The molecule has 1 saturated heterocycles. The maximum atomic E-state index is 12.8. The summed E-state index contributed by atoms with van der Waals surface area (Å²) in [5.74, 6) is -1.49. The van der Waals surface area contributed by atoms with Crippen molar-refractivity contribution >= 4 is 39.1 Å². The number of imide groups is 1. The Morgan fingerprint density at radius 2 is 1.75 bits per heavy atom. The number of carbonyl (C=O) groups is 3. The molecule has 0 unspecified atom stereocenters. The summed E-state index contributed by atoms with van der Waals surface area (Å²) >= 11 is 0. The second kappa shape index (κ2) is 7.31. The number of nitrogens with zero attached hydrogens (tertiary/aromatic N) is 1. The summed E-state index contributed by atoms with van der Waals surface area (Å²) in [6.45, 7) is 0. The normalized spacial score (nSPS) is 14.2. The van der Waals surface area contributed by atoms with Crippen LogP contribution in [0.5, 0.6) is 5.75 Å². The average Bonchev–Trinajstić information content (AvgIpc) is 2.99. The van der Waals surface area contributed by atoms with Gasteiger partial charge in [0.25, 0.3) is 15.9 Å². The third kappa shape index (κ3) is 3.54. The number of benzene rings is 2. The van der Waals surface area contributed by atoms with Crippen molar-refractivity contribution in [2.24, 2.45) is 5.73 Å². The van der Waals surface area contributed by atoms with Gasteiger partial charge in [-0.15, -0.1) is 0 Å². The number of nitrogens with two attached hydrogens (primary N) is 1. The summed E-state index contributed by atoms with van der Waals surface area (Å²) in [6, 6.07) is 9.68. The minimum absolute atomic E-state index is 0.00436. The van der Waals surface area contributed by atoms with Crippen LogP contribution < -0.4 is 20.1 Å². The molecule has 0 atom stereocenters. The lowest BCUT2D eigenvalue weighted by atomic mass is 10.2. The summed E-state index contributed by atoms with van der Waals surface area (Å²) in [4.78, 5) is 36.3. The van der Waals surface area contributed by atoms with Crippen molar-refractivity contribution in [2.45, 2.75) is 17.7 Å². The standard InChI is InChI=1S/C18H17N3O6S/c1-27-15-7-6-11(10-14(15)21-16(22)8-9-17(21)23)28(25,26)20-13-5-3-2-4-12(13)18(19)24/h2-7,10,20H,8-9H2,1H3,(H2,19,24). The zero-order valence-electron chi connectivity index (χ0n) is 14.8. The van der Waals surface area contributed by atoms with Crippen molar-refractivity contribution in [3.63, 3.8) is 0 Å². The zero-order valence-corrected chi connectivity index (χ0v) is 15.7. The number of sulfonamides is 1. The molecule has 2 aromatic carbocycles. The Kier molecular flexibility index (Phi) is 5.06. The Hall–Kier alpha value is -3.40. The van der Waals surface area contributed by atoms with Gasteiger partial charge in [-0.3, -0.25) is 19.1 Å². The number of carbonyl (C=O) groups excluding carboxylic acids is 3. The first-order valence-corrected chi connectivity index (χ1v) is 9.68. The molecule has 0 aromatic heterocycles. The number of nitrogens with one attached hydrogen (secondary N) is 1. The highest BCUT2D eigenvalue weighted by molar-refractivity contribution is 7.92. The van der Waals surface area contributed by atoms with Crippen LogP contribution in [0.25, 0.3) is 0 Å². The van der Waals surface area contributed by atoms with Gasteiger partial charge >= 0.3 is 0 Å². The van der Waals surface area contributed by atoms with E-state index >= 15 is 0 Å². The third-order valence-electron chi connectivity index (χ3n) is 4.19. The lowest BCUT2D eigenvalue weighted by Crippen LogP contribution is -2.29. The largest absolute Gasteiger partial charge is 0.495 e. The van der Waals surface area contributed by atoms with Gasteiger partial charge in [-0.2, -0.15) is 0 Å². The van der Waals surface area contributed by atoms with Crippen LogP contribution in [0.1, 0.15) is 23.2 Å². The highest BCUT2D eigenvalue weighted by Crippen LogP contribution is 2.34. The number of para-hydroxylation sites is 1. The van der Waals surface area contributed by atoms with Crippen LogP contribution in [0, 0.1) is 0 Å². The SMILES string of the molecule is COc1ccc(S(=O)(=O)Nc2ccccc2C(N)=O)cc1N1C(=O)CCC1=O. The monoisotopic (exact) mass is 403 g/mol. The molecule has 9 nitrogen and oxygen atoms in total. The lowest BCUT2D eigenvalue weighted by Gasteiger charge is -2.19. The first-order chi connectivity index (χ1) is 13.2. The number of rotatable bonds is 6. The zero-order chi connectivity index (χ0) is 20.5. The Bertz CT molecular complexity index is 1060. The van der Waals surface area contributed by atoms with Crippen molar-refractivity contribution in [1.29, 1.82) is 0 Å². The number of hydrogen-bond donors (Lipinski definition) is 2. The van der Waals surface area contributed by atoms with Gasteiger partial charge in [-0.1, -0.05) is 12.1 Å². The summed E-state index contributed by atoms with van der Waals surface area (Å²) in [5, 5.41) is 0. The van der Waals surface area contributed by atoms with Crippen LogP contribution in [0.3, 0.4) is 0 Å². The number of amides is 3. The molecule has 0 radical (unpaired) electrons. The van der Waals surface area contributed by atoms with Gasteiger partial charge in [-0.25, -0.2) is 13.3 Å². The molecule has 1 aliphatic heterocycles. The van der Waals surface area contributed by atoms with Crippen molar-refractivity contribution in [3.05, 3.63) is 48.0 Å². The van der Waals surface area contributed by atoms with Gasteiger partial charge in [0.1, 0.15) is 5.75 Å². The molecule has 3 amide bonds. The summed E-state index contributed by atoms with van der Waals surface area (Å²) < 4.78 is 33.1. The fraction of sp³-hybridized carbons (Fsp3) is 0.167. The molecule has 28 heavy (non-hydrogen) atoms. The molecule has 10 heteroatoms. The molecule has 0 saturated carbocycles. The molecular weight excluding hydrogens is 386 g/mol. The molecule has 0 bridgehead atoms. The highest BCUT2D eigenvalue weighted by Gasteiger charge is 2.33. The summed E-state index contributed by atoms with van der Waals surface area (Å²) in [5.41, 5.74) is 5.34. The minimum atomic E-state index is -4.14. The smallest absolute Gasteiger partial charge is 0.261 e. The van der Waals surface area contributed by atoms with E-state index in [9.17, 15) is 22.8 Å². The Morgan fingerprint density at radius 3 is 2.36 bits per heavy atom. The van der Waals surface area contributed by atoms with Crippen molar-refractivity contribution in [2.75, 3.05) is 16.7 Å². The minimum Gasteiger partial charge on any atom is -0.495 e. The third-order valence-corrected chi connectivity index (χ3v) is 5.55. The lowest BCUT2D eigenvalue weighted by molar-refractivity contribution is -0.121. The van der Waals surface area contributed by atoms with Gasteiger partial charge in [0.2, 0.25) is 11.8 Å². The van der Waals surface area contributed by atoms with E-state index in [1.54, 1.807) is 12.1 Å². The molecule has 1 aliphatic rings. The van der Waals surface area contributed by atoms with Crippen LogP contribution in [0.2, 0.25) is 0 Å².